The van der Waals surface area contributed by atoms with E-state index in [1.54, 1.807) is 12.1 Å². The summed E-state index contributed by atoms with van der Waals surface area (Å²) in [5.41, 5.74) is 4.06. The number of aromatic nitrogens is 4. The van der Waals surface area contributed by atoms with Gasteiger partial charge < -0.3 is 0 Å². The Morgan fingerprint density at radius 3 is 2.30 bits per heavy atom. The van der Waals surface area contributed by atoms with E-state index in [9.17, 15) is 8.60 Å². The molecule has 1 aliphatic heterocycles. The maximum atomic E-state index is 13.6. The Morgan fingerprint density at radius 1 is 1.03 bits per heavy atom. The number of nitrogens with one attached hydrogen (secondary N) is 1. The van der Waals surface area contributed by atoms with E-state index in [0.717, 1.165) is 46.0 Å². The highest BCUT2D eigenvalue weighted by atomic mass is 32.2. The Bertz CT molecular complexity index is 1370. The number of hydrogen-bond donors (Lipinski definition) is 1. The first-order chi connectivity index (χ1) is 14.4. The fourth-order valence-corrected chi connectivity index (χ4v) is 6.21. The highest BCUT2D eigenvalue weighted by molar-refractivity contribution is 7.93. The molecule has 1 N–H and O–H groups in total. The highest BCUT2D eigenvalue weighted by Gasteiger charge is 2.22. The van der Waals surface area contributed by atoms with Gasteiger partial charge in [-0.15, -0.1) is 0 Å². The van der Waals surface area contributed by atoms with Crippen molar-refractivity contribution in [3.05, 3.63) is 47.9 Å². The van der Waals surface area contributed by atoms with Crippen molar-refractivity contribution < 1.29 is 8.60 Å². The number of benzene rings is 2. The van der Waals surface area contributed by atoms with Gasteiger partial charge in [-0.1, -0.05) is 26.0 Å². The van der Waals surface area contributed by atoms with Gasteiger partial charge in [0.1, 0.15) is 16.9 Å². The van der Waals surface area contributed by atoms with Crippen molar-refractivity contribution in [1.29, 1.82) is 0 Å². The molecule has 0 atom stereocenters. The Kier molecular flexibility index (Phi) is 4.54. The molecule has 1 aliphatic rings. The minimum atomic E-state index is -2.29. The average molecular weight is 424 g/mol. The molecule has 4 aromatic rings. The van der Waals surface area contributed by atoms with E-state index in [1.165, 1.54) is 12.1 Å². The number of rotatable bonds is 3. The Morgan fingerprint density at radius 2 is 1.67 bits per heavy atom. The normalized spacial score (nSPS) is 16.0. The fraction of sp³-hybridized carbons (Fsp3) is 0.318. The number of pyridine rings is 1. The van der Waals surface area contributed by atoms with Gasteiger partial charge in [0.2, 0.25) is 0 Å². The van der Waals surface area contributed by atoms with E-state index in [-0.39, 0.29) is 11.7 Å². The van der Waals surface area contributed by atoms with Gasteiger partial charge in [0.15, 0.2) is 5.82 Å². The van der Waals surface area contributed by atoms with Gasteiger partial charge in [-0.3, -0.25) is 0 Å². The summed E-state index contributed by atoms with van der Waals surface area (Å²) in [5, 5.41) is 12.8. The zero-order chi connectivity index (χ0) is 20.9. The minimum absolute atomic E-state index is 0.0950. The SMILES string of the molecule is CC(C)c1nc(N=S2(=O)CCCC2)c2cc3n[nH]nc3cc2c1-c1ccc(F)cc1. The molecule has 5 rings (SSSR count). The third-order valence-corrected chi connectivity index (χ3v) is 7.92. The monoisotopic (exact) mass is 423 g/mol. The van der Waals surface area contributed by atoms with Crippen molar-refractivity contribution in [2.75, 3.05) is 11.5 Å². The molecule has 154 valence electrons. The number of fused-ring (bicyclic) bond motifs is 2. The molecule has 0 saturated carbocycles. The molecular weight excluding hydrogens is 401 g/mol. The first-order valence-electron chi connectivity index (χ1n) is 10.1. The summed E-state index contributed by atoms with van der Waals surface area (Å²) < 4.78 is 31.5. The van der Waals surface area contributed by atoms with Crippen LogP contribution in [-0.2, 0) is 9.73 Å². The van der Waals surface area contributed by atoms with Crippen molar-refractivity contribution in [3.63, 3.8) is 0 Å². The van der Waals surface area contributed by atoms with Crippen molar-refractivity contribution in [1.82, 2.24) is 20.4 Å². The van der Waals surface area contributed by atoms with E-state index in [4.69, 9.17) is 9.35 Å². The van der Waals surface area contributed by atoms with E-state index in [1.807, 2.05) is 12.1 Å². The van der Waals surface area contributed by atoms with Crippen LogP contribution in [0.3, 0.4) is 0 Å². The zero-order valence-electron chi connectivity index (χ0n) is 16.9. The molecule has 0 spiro atoms. The number of halogens is 1. The zero-order valence-corrected chi connectivity index (χ0v) is 17.7. The second-order valence-electron chi connectivity index (χ2n) is 8.05. The van der Waals surface area contributed by atoms with Crippen molar-refractivity contribution in [2.24, 2.45) is 4.36 Å². The van der Waals surface area contributed by atoms with Gasteiger partial charge in [0.25, 0.3) is 0 Å². The third kappa shape index (κ3) is 3.25. The minimum Gasteiger partial charge on any atom is -0.249 e. The summed E-state index contributed by atoms with van der Waals surface area (Å²) in [5.74, 6) is 1.53. The van der Waals surface area contributed by atoms with Crippen LogP contribution in [0, 0.1) is 5.82 Å². The lowest BCUT2D eigenvalue weighted by Gasteiger charge is -2.17. The first-order valence-corrected chi connectivity index (χ1v) is 12.0. The molecule has 0 amide bonds. The van der Waals surface area contributed by atoms with Crippen LogP contribution in [-0.4, -0.2) is 36.1 Å². The number of aromatic amines is 1. The Balaban J connectivity index is 1.91. The molecule has 6 nitrogen and oxygen atoms in total. The average Bonchev–Trinajstić information content (AvgIpc) is 3.35. The number of nitrogens with zero attached hydrogens (tertiary/aromatic N) is 4. The van der Waals surface area contributed by atoms with Gasteiger partial charge in [-0.2, -0.15) is 19.8 Å². The van der Waals surface area contributed by atoms with Crippen LogP contribution >= 0.6 is 0 Å². The predicted molar refractivity (Wildman–Crippen MR) is 118 cm³/mol. The molecule has 30 heavy (non-hydrogen) atoms. The van der Waals surface area contributed by atoms with Gasteiger partial charge in [-0.25, -0.2) is 13.6 Å². The second kappa shape index (κ2) is 7.12. The van der Waals surface area contributed by atoms with Crippen molar-refractivity contribution in [3.8, 4) is 11.1 Å². The smallest absolute Gasteiger partial charge is 0.169 e. The topological polar surface area (TPSA) is 83.9 Å². The molecule has 2 aromatic heterocycles. The van der Waals surface area contributed by atoms with Gasteiger partial charge in [-0.05, 0) is 54.0 Å². The van der Waals surface area contributed by atoms with Crippen LogP contribution in [0.1, 0.15) is 38.3 Å². The van der Waals surface area contributed by atoms with Gasteiger partial charge >= 0.3 is 0 Å². The summed E-state index contributed by atoms with van der Waals surface area (Å²) in [6.07, 6.45) is 1.86. The molecule has 1 saturated heterocycles. The van der Waals surface area contributed by atoms with Crippen LogP contribution in [0.2, 0.25) is 0 Å². The van der Waals surface area contributed by atoms with Crippen LogP contribution in [0.25, 0.3) is 32.9 Å². The highest BCUT2D eigenvalue weighted by Crippen LogP contribution is 2.40. The predicted octanol–water partition coefficient (Wildman–Crippen LogP) is 5.33. The molecule has 0 unspecified atom stereocenters. The molecule has 1 fully saturated rings. The molecule has 0 aliphatic carbocycles. The fourth-order valence-electron chi connectivity index (χ4n) is 4.06. The summed E-state index contributed by atoms with van der Waals surface area (Å²) in [6.45, 7) is 4.13. The lowest BCUT2D eigenvalue weighted by atomic mass is 9.92. The van der Waals surface area contributed by atoms with E-state index < -0.39 is 9.73 Å². The van der Waals surface area contributed by atoms with Crippen molar-refractivity contribution >= 4 is 37.4 Å². The largest absolute Gasteiger partial charge is 0.249 e. The Hall–Kier alpha value is -2.87. The molecule has 0 radical (unpaired) electrons. The molecule has 3 heterocycles. The summed E-state index contributed by atoms with van der Waals surface area (Å²) in [4.78, 5) is 4.90. The maximum Gasteiger partial charge on any atom is 0.169 e. The lowest BCUT2D eigenvalue weighted by molar-refractivity contribution is 0.628. The Labute approximate surface area is 174 Å². The number of H-pyrrole nitrogens is 1. The molecule has 8 heteroatoms. The van der Waals surface area contributed by atoms with Gasteiger partial charge in [0, 0.05) is 22.5 Å². The first kappa shape index (κ1) is 19.1. The third-order valence-electron chi connectivity index (χ3n) is 5.56. The van der Waals surface area contributed by atoms with E-state index in [2.05, 4.69) is 29.3 Å². The van der Waals surface area contributed by atoms with Crippen LogP contribution < -0.4 is 0 Å². The second-order valence-corrected chi connectivity index (χ2v) is 10.6. The quantitative estimate of drug-likeness (QED) is 0.483. The summed E-state index contributed by atoms with van der Waals surface area (Å²) in [7, 11) is -2.29. The van der Waals surface area contributed by atoms with Crippen LogP contribution in [0.15, 0.2) is 40.8 Å². The lowest BCUT2D eigenvalue weighted by Crippen LogP contribution is -2.03. The van der Waals surface area contributed by atoms with Gasteiger partial charge in [0.05, 0.1) is 15.4 Å². The van der Waals surface area contributed by atoms with E-state index in [0.29, 0.717) is 22.8 Å². The van der Waals surface area contributed by atoms with E-state index >= 15 is 0 Å². The summed E-state index contributed by atoms with van der Waals surface area (Å²) in [6, 6.07) is 10.3. The number of hydrogen-bond acceptors (Lipinski definition) is 5. The summed E-state index contributed by atoms with van der Waals surface area (Å²) >= 11 is 0. The molecule has 2 aromatic carbocycles. The van der Waals surface area contributed by atoms with Crippen LogP contribution in [0.5, 0.6) is 0 Å². The molecule has 0 bridgehead atoms. The standard InChI is InChI=1S/C22H22FN5OS/c1-13(2)21-20(14-5-7-15(23)8-6-14)16-11-18-19(26-28-25-18)12-17(16)22(24-21)27-30(29)9-3-4-10-30/h5-8,11-13H,3-4,9-10H2,1-2H3,(H,25,26,28). The van der Waals surface area contributed by atoms with Crippen molar-refractivity contribution in [2.45, 2.75) is 32.6 Å². The van der Waals surface area contributed by atoms with Crippen LogP contribution in [0.4, 0.5) is 10.2 Å². The molecular formula is C22H22FN5OS. The maximum absolute atomic E-state index is 13.6.